The normalized spacial score (nSPS) is 14.1. The van der Waals surface area contributed by atoms with Crippen LogP contribution in [0.5, 0.6) is 0 Å². The second-order valence-corrected chi connectivity index (χ2v) is 6.60. The summed E-state index contributed by atoms with van der Waals surface area (Å²) < 4.78 is 14.5. The summed E-state index contributed by atoms with van der Waals surface area (Å²) in [7, 11) is 0. The highest BCUT2D eigenvalue weighted by Gasteiger charge is 2.18. The second-order valence-electron chi connectivity index (χ2n) is 6.60. The van der Waals surface area contributed by atoms with Crippen LogP contribution in [-0.4, -0.2) is 35.3 Å². The quantitative estimate of drug-likeness (QED) is 0.720. The van der Waals surface area contributed by atoms with Crippen LogP contribution in [0.3, 0.4) is 0 Å². The number of aromatic nitrogens is 2. The van der Waals surface area contributed by atoms with Crippen molar-refractivity contribution in [2.45, 2.75) is 39.0 Å². The second kappa shape index (κ2) is 9.22. The third-order valence-corrected chi connectivity index (χ3v) is 4.81. The summed E-state index contributed by atoms with van der Waals surface area (Å²) in [5, 5.41) is 8.56. The minimum absolute atomic E-state index is 0.188. The molecule has 0 radical (unpaired) electrons. The Kier molecular flexibility index (Phi) is 6.48. The molecule has 1 aromatic carbocycles. The molecule has 2 aromatic rings. The highest BCUT2D eigenvalue weighted by Crippen LogP contribution is 2.25. The van der Waals surface area contributed by atoms with Crippen molar-refractivity contribution in [3.8, 4) is 17.2 Å². The van der Waals surface area contributed by atoms with Crippen molar-refractivity contribution < 1.29 is 4.39 Å². The minimum atomic E-state index is -0.188. The van der Waals surface area contributed by atoms with Crippen LogP contribution in [-0.2, 0) is 6.42 Å². The van der Waals surface area contributed by atoms with Crippen LogP contribution < -0.4 is 4.90 Å². The zero-order valence-corrected chi connectivity index (χ0v) is 15.7. The Hall–Kier alpha value is -2.81. The van der Waals surface area contributed by atoms with Gasteiger partial charge in [-0.15, -0.1) is 0 Å². The Bertz CT molecular complexity index is 829. The predicted molar refractivity (Wildman–Crippen MR) is 105 cm³/mol. The Labute approximate surface area is 159 Å². The summed E-state index contributed by atoms with van der Waals surface area (Å²) in [5.41, 5.74) is 3.16. The Morgan fingerprint density at radius 3 is 2.63 bits per heavy atom. The van der Waals surface area contributed by atoms with E-state index in [0.29, 0.717) is 35.5 Å². The van der Waals surface area contributed by atoms with Crippen LogP contribution in [0, 0.1) is 17.1 Å². The van der Waals surface area contributed by atoms with Crippen molar-refractivity contribution in [3.05, 3.63) is 42.0 Å². The predicted octanol–water partition coefficient (Wildman–Crippen LogP) is 4.19. The summed E-state index contributed by atoms with van der Waals surface area (Å²) in [5.74, 6) is 0.487. The molecule has 1 saturated heterocycles. The molecule has 1 aromatic heterocycles. The lowest BCUT2D eigenvalue weighted by Crippen LogP contribution is -2.35. The summed E-state index contributed by atoms with van der Waals surface area (Å²) in [6, 6.07) is 7.58. The van der Waals surface area contributed by atoms with E-state index in [1.165, 1.54) is 5.71 Å². The summed E-state index contributed by atoms with van der Waals surface area (Å²) in [4.78, 5) is 15.6. The van der Waals surface area contributed by atoms with Gasteiger partial charge in [0.25, 0.3) is 0 Å². The van der Waals surface area contributed by atoms with Crippen molar-refractivity contribution >= 4 is 11.7 Å². The van der Waals surface area contributed by atoms with Crippen LogP contribution >= 0.6 is 0 Å². The van der Waals surface area contributed by atoms with Gasteiger partial charge in [0.05, 0.1) is 6.07 Å². The topological polar surface area (TPSA) is 65.2 Å². The van der Waals surface area contributed by atoms with Crippen molar-refractivity contribution in [3.63, 3.8) is 0 Å². The molecule has 0 unspecified atom stereocenters. The first-order valence-electron chi connectivity index (χ1n) is 9.46. The van der Waals surface area contributed by atoms with Crippen LogP contribution in [0.2, 0.25) is 0 Å². The fraction of sp³-hybridized carbons (Fsp3) is 0.429. The third kappa shape index (κ3) is 4.68. The molecule has 0 saturated carbocycles. The molecule has 5 nitrogen and oxygen atoms in total. The van der Waals surface area contributed by atoms with E-state index in [9.17, 15) is 4.39 Å². The fourth-order valence-electron chi connectivity index (χ4n) is 3.22. The van der Waals surface area contributed by atoms with E-state index < -0.39 is 0 Å². The number of anilines is 1. The number of piperidine rings is 1. The van der Waals surface area contributed by atoms with E-state index in [4.69, 9.17) is 5.26 Å². The van der Waals surface area contributed by atoms with Crippen LogP contribution in [0.15, 0.2) is 35.6 Å². The summed E-state index contributed by atoms with van der Waals surface area (Å²) in [6.07, 6.45) is 7.23. The van der Waals surface area contributed by atoms with Crippen LogP contribution in [0.25, 0.3) is 11.1 Å². The number of halogens is 1. The van der Waals surface area contributed by atoms with Gasteiger partial charge in [-0.3, -0.25) is 4.99 Å². The van der Waals surface area contributed by atoms with Crippen LogP contribution in [0.4, 0.5) is 10.3 Å². The maximum atomic E-state index is 14.5. The smallest absolute Gasteiger partial charge is 0.225 e. The zero-order valence-electron chi connectivity index (χ0n) is 15.7. The van der Waals surface area contributed by atoms with Gasteiger partial charge >= 0.3 is 0 Å². The first-order chi connectivity index (χ1) is 13.2. The fourth-order valence-corrected chi connectivity index (χ4v) is 3.22. The van der Waals surface area contributed by atoms with Gasteiger partial charge in [0.1, 0.15) is 5.82 Å². The third-order valence-electron chi connectivity index (χ3n) is 4.81. The van der Waals surface area contributed by atoms with Gasteiger partial charge in [0.15, 0.2) is 0 Å². The average Bonchev–Trinajstić information content (AvgIpc) is 2.72. The number of unbranched alkanes of at least 4 members (excludes halogenated alkanes) is 1. The minimum Gasteiger partial charge on any atom is -0.340 e. The van der Waals surface area contributed by atoms with E-state index in [-0.39, 0.29) is 5.82 Å². The molecule has 0 amide bonds. The number of aryl methyl sites for hydroxylation is 1. The molecular weight excluding hydrogens is 341 g/mol. The molecule has 27 heavy (non-hydrogen) atoms. The van der Waals surface area contributed by atoms with Gasteiger partial charge in [0.2, 0.25) is 5.95 Å². The van der Waals surface area contributed by atoms with E-state index in [1.54, 1.807) is 24.5 Å². The molecule has 3 rings (SSSR count). The largest absolute Gasteiger partial charge is 0.340 e. The number of benzene rings is 1. The van der Waals surface area contributed by atoms with Gasteiger partial charge < -0.3 is 4.90 Å². The van der Waals surface area contributed by atoms with Gasteiger partial charge in [-0.1, -0.05) is 25.1 Å². The molecule has 1 aliphatic heterocycles. The van der Waals surface area contributed by atoms with E-state index in [2.05, 4.69) is 25.9 Å². The molecular formula is C21H24FN5. The van der Waals surface area contributed by atoms with Gasteiger partial charge in [0, 0.05) is 68.1 Å². The van der Waals surface area contributed by atoms with E-state index >= 15 is 0 Å². The standard InChI is InChI=1S/C21H24FN5/c1-2-16-6-5-7-19(20(16)22)17-14-25-21(26-15-17)27-12-8-18(9-13-27)24-11-4-3-10-23/h5-7,14-15H,2-4,8-9,11-13H2,1H3. The Morgan fingerprint density at radius 2 is 1.96 bits per heavy atom. The molecule has 1 aliphatic rings. The molecule has 140 valence electrons. The molecule has 0 atom stereocenters. The van der Waals surface area contributed by atoms with Gasteiger partial charge in [-0.05, 0) is 18.4 Å². The number of nitriles is 1. The molecule has 1 fully saturated rings. The lowest BCUT2D eigenvalue weighted by molar-refractivity contribution is 0.615. The zero-order chi connectivity index (χ0) is 19.1. The molecule has 6 heteroatoms. The lowest BCUT2D eigenvalue weighted by Gasteiger charge is -2.27. The number of aliphatic imine (C=N–C) groups is 1. The number of rotatable bonds is 6. The summed E-state index contributed by atoms with van der Waals surface area (Å²) in [6.45, 7) is 4.34. The van der Waals surface area contributed by atoms with Crippen molar-refractivity contribution in [2.75, 3.05) is 24.5 Å². The lowest BCUT2D eigenvalue weighted by atomic mass is 10.0. The molecule has 2 heterocycles. The number of hydrogen-bond acceptors (Lipinski definition) is 5. The first kappa shape index (κ1) is 19.0. The molecule has 0 spiro atoms. The Balaban J connectivity index is 1.63. The number of nitrogens with zero attached hydrogens (tertiary/aromatic N) is 5. The molecule has 0 N–H and O–H groups in total. The highest BCUT2D eigenvalue weighted by molar-refractivity contribution is 5.86. The molecule has 0 bridgehead atoms. The summed E-state index contributed by atoms with van der Waals surface area (Å²) >= 11 is 0. The number of hydrogen-bond donors (Lipinski definition) is 0. The average molecular weight is 365 g/mol. The monoisotopic (exact) mass is 365 g/mol. The highest BCUT2D eigenvalue weighted by atomic mass is 19.1. The van der Waals surface area contributed by atoms with Gasteiger partial charge in [-0.25, -0.2) is 14.4 Å². The van der Waals surface area contributed by atoms with E-state index in [0.717, 1.165) is 38.9 Å². The van der Waals surface area contributed by atoms with Crippen molar-refractivity contribution in [2.24, 2.45) is 4.99 Å². The van der Waals surface area contributed by atoms with Crippen molar-refractivity contribution in [1.82, 2.24) is 9.97 Å². The maximum absolute atomic E-state index is 14.5. The first-order valence-corrected chi connectivity index (χ1v) is 9.46. The SMILES string of the molecule is CCc1cccc(-c2cnc(N3CCC(=NCCCC#N)CC3)nc2)c1F. The maximum Gasteiger partial charge on any atom is 0.225 e. The van der Waals surface area contributed by atoms with Crippen LogP contribution in [0.1, 0.15) is 38.2 Å². The van der Waals surface area contributed by atoms with Gasteiger partial charge in [-0.2, -0.15) is 5.26 Å². The molecule has 0 aliphatic carbocycles. The van der Waals surface area contributed by atoms with Crippen molar-refractivity contribution in [1.29, 1.82) is 5.26 Å². The van der Waals surface area contributed by atoms with E-state index in [1.807, 2.05) is 13.0 Å². The Morgan fingerprint density at radius 1 is 1.22 bits per heavy atom.